The molecular weight excluding hydrogens is 314 g/mol. The summed E-state index contributed by atoms with van der Waals surface area (Å²) >= 11 is 0. The first kappa shape index (κ1) is 17.6. The zero-order valence-electron chi connectivity index (χ0n) is 13.1. The van der Waals surface area contributed by atoms with Gasteiger partial charge in [0.1, 0.15) is 0 Å². The summed E-state index contributed by atoms with van der Waals surface area (Å²) < 4.78 is 10.8. The highest BCUT2D eigenvalue weighted by atomic mass is 35.5. The summed E-state index contributed by atoms with van der Waals surface area (Å²) in [6, 6.07) is 16.5. The number of hydrogen-bond donors (Lipinski definition) is 2. The molecule has 1 aliphatic heterocycles. The Hall–Kier alpha value is -1.75. The van der Waals surface area contributed by atoms with Crippen LogP contribution in [0.4, 0.5) is 0 Å². The lowest BCUT2D eigenvalue weighted by Gasteiger charge is -2.21. The molecule has 0 fully saturated rings. The fourth-order valence-electron chi connectivity index (χ4n) is 2.60. The highest BCUT2D eigenvalue weighted by molar-refractivity contribution is 5.85. The van der Waals surface area contributed by atoms with Crippen LogP contribution in [0.1, 0.15) is 24.1 Å². The topological polar surface area (TPSA) is 50.7 Å². The van der Waals surface area contributed by atoms with Gasteiger partial charge in [0.2, 0.25) is 6.79 Å². The van der Waals surface area contributed by atoms with Crippen LogP contribution in [0.3, 0.4) is 0 Å². The van der Waals surface area contributed by atoms with E-state index in [9.17, 15) is 5.11 Å². The van der Waals surface area contributed by atoms with Crippen LogP contribution in [0.2, 0.25) is 0 Å². The summed E-state index contributed by atoms with van der Waals surface area (Å²) in [7, 11) is 0. The first-order valence-corrected chi connectivity index (χ1v) is 7.57. The second kappa shape index (κ2) is 8.20. The maximum atomic E-state index is 9.56. The maximum Gasteiger partial charge on any atom is 0.231 e. The highest BCUT2D eigenvalue weighted by Gasteiger charge is 2.18. The van der Waals surface area contributed by atoms with Gasteiger partial charge in [-0.3, -0.25) is 0 Å². The SMILES string of the molecule is CC(O)CNC(Cc1ccccc1)c1ccc2c(c1)OCO2.Cl. The largest absolute Gasteiger partial charge is 0.454 e. The molecule has 5 heteroatoms. The molecule has 2 atom stereocenters. The molecule has 0 saturated carbocycles. The highest BCUT2D eigenvalue weighted by Crippen LogP contribution is 2.34. The molecule has 2 unspecified atom stereocenters. The van der Waals surface area contributed by atoms with Gasteiger partial charge < -0.3 is 19.9 Å². The van der Waals surface area contributed by atoms with Gasteiger partial charge in [-0.15, -0.1) is 12.4 Å². The van der Waals surface area contributed by atoms with Crippen LogP contribution in [-0.2, 0) is 6.42 Å². The van der Waals surface area contributed by atoms with Gasteiger partial charge in [-0.2, -0.15) is 0 Å². The van der Waals surface area contributed by atoms with Crippen molar-refractivity contribution in [2.75, 3.05) is 13.3 Å². The lowest BCUT2D eigenvalue weighted by Crippen LogP contribution is -2.30. The Balaban J connectivity index is 0.00000192. The molecule has 0 bridgehead atoms. The van der Waals surface area contributed by atoms with Crippen molar-refractivity contribution in [1.82, 2.24) is 5.32 Å². The Bertz CT molecular complexity index is 619. The molecule has 4 nitrogen and oxygen atoms in total. The monoisotopic (exact) mass is 335 g/mol. The average Bonchev–Trinajstić information content (AvgIpc) is 2.99. The van der Waals surface area contributed by atoms with E-state index in [0.29, 0.717) is 6.54 Å². The molecule has 0 aromatic heterocycles. The lowest BCUT2D eigenvalue weighted by molar-refractivity contribution is 0.174. The molecule has 1 aliphatic rings. The van der Waals surface area contributed by atoms with Crippen molar-refractivity contribution in [3.8, 4) is 11.5 Å². The number of fused-ring (bicyclic) bond motifs is 1. The number of benzene rings is 2. The van der Waals surface area contributed by atoms with Crippen molar-refractivity contribution in [2.24, 2.45) is 0 Å². The van der Waals surface area contributed by atoms with E-state index in [1.165, 1.54) is 5.56 Å². The molecule has 0 radical (unpaired) electrons. The van der Waals surface area contributed by atoms with Gasteiger partial charge >= 0.3 is 0 Å². The minimum absolute atomic E-state index is 0. The Morgan fingerprint density at radius 3 is 2.57 bits per heavy atom. The normalized spacial score (nSPS) is 14.9. The summed E-state index contributed by atoms with van der Waals surface area (Å²) in [6.07, 6.45) is 0.472. The Morgan fingerprint density at radius 2 is 1.83 bits per heavy atom. The molecule has 1 heterocycles. The molecule has 124 valence electrons. The quantitative estimate of drug-likeness (QED) is 0.851. The third-order valence-electron chi connectivity index (χ3n) is 3.74. The molecule has 3 rings (SSSR count). The van der Waals surface area contributed by atoms with Gasteiger partial charge in [0.15, 0.2) is 11.5 Å². The van der Waals surface area contributed by atoms with E-state index in [-0.39, 0.29) is 31.3 Å². The van der Waals surface area contributed by atoms with Crippen molar-refractivity contribution in [1.29, 1.82) is 0 Å². The smallest absolute Gasteiger partial charge is 0.231 e. The van der Waals surface area contributed by atoms with Crippen molar-refractivity contribution in [3.05, 3.63) is 59.7 Å². The standard InChI is InChI=1S/C18H21NO3.ClH/c1-13(20)11-19-16(9-14-5-3-2-4-6-14)15-7-8-17-18(10-15)22-12-21-17;/h2-8,10,13,16,19-20H,9,11-12H2,1H3;1H. The van der Waals surface area contributed by atoms with E-state index in [1.807, 2.05) is 30.3 Å². The second-order valence-electron chi connectivity index (χ2n) is 5.61. The van der Waals surface area contributed by atoms with E-state index in [2.05, 4.69) is 23.5 Å². The first-order valence-electron chi connectivity index (χ1n) is 7.57. The van der Waals surface area contributed by atoms with Gasteiger partial charge in [0.25, 0.3) is 0 Å². The molecule has 2 N–H and O–H groups in total. The second-order valence-corrected chi connectivity index (χ2v) is 5.61. The number of aliphatic hydroxyl groups is 1. The number of hydrogen-bond acceptors (Lipinski definition) is 4. The van der Waals surface area contributed by atoms with Crippen LogP contribution in [0.25, 0.3) is 0 Å². The predicted octanol–water partition coefficient (Wildman–Crippen LogP) is 3.09. The van der Waals surface area contributed by atoms with Crippen LogP contribution in [-0.4, -0.2) is 24.5 Å². The van der Waals surface area contributed by atoms with Gasteiger partial charge in [0, 0.05) is 12.6 Å². The van der Waals surface area contributed by atoms with Crippen molar-refractivity contribution < 1.29 is 14.6 Å². The molecule has 23 heavy (non-hydrogen) atoms. The van der Waals surface area contributed by atoms with E-state index in [4.69, 9.17) is 9.47 Å². The predicted molar refractivity (Wildman–Crippen MR) is 92.4 cm³/mol. The average molecular weight is 336 g/mol. The zero-order chi connectivity index (χ0) is 15.4. The van der Waals surface area contributed by atoms with E-state index < -0.39 is 0 Å². The first-order chi connectivity index (χ1) is 10.7. The minimum atomic E-state index is -0.382. The molecule has 0 amide bonds. The summed E-state index contributed by atoms with van der Waals surface area (Å²) in [5.74, 6) is 1.58. The van der Waals surface area contributed by atoms with Crippen molar-refractivity contribution >= 4 is 12.4 Å². The summed E-state index contributed by atoms with van der Waals surface area (Å²) in [6.45, 7) is 2.61. The van der Waals surface area contributed by atoms with Crippen LogP contribution < -0.4 is 14.8 Å². The van der Waals surface area contributed by atoms with Crippen LogP contribution >= 0.6 is 12.4 Å². The third kappa shape index (κ3) is 4.61. The van der Waals surface area contributed by atoms with Gasteiger partial charge in [-0.05, 0) is 36.6 Å². The number of nitrogens with one attached hydrogen (secondary N) is 1. The molecule has 2 aromatic rings. The number of rotatable bonds is 6. The Kier molecular flexibility index (Phi) is 6.28. The summed E-state index contributed by atoms with van der Waals surface area (Å²) in [4.78, 5) is 0. The van der Waals surface area contributed by atoms with Crippen molar-refractivity contribution in [2.45, 2.75) is 25.5 Å². The number of halogens is 1. The van der Waals surface area contributed by atoms with Crippen LogP contribution in [0.15, 0.2) is 48.5 Å². The minimum Gasteiger partial charge on any atom is -0.454 e. The maximum absolute atomic E-state index is 9.56. The van der Waals surface area contributed by atoms with E-state index in [0.717, 1.165) is 23.5 Å². The molecule has 0 spiro atoms. The Labute approximate surface area is 142 Å². The summed E-state index contributed by atoms with van der Waals surface area (Å²) in [5.41, 5.74) is 2.39. The van der Waals surface area contributed by atoms with Crippen LogP contribution in [0, 0.1) is 0 Å². The van der Waals surface area contributed by atoms with Crippen LogP contribution in [0.5, 0.6) is 11.5 Å². The van der Waals surface area contributed by atoms with E-state index in [1.54, 1.807) is 6.92 Å². The molecule has 2 aromatic carbocycles. The van der Waals surface area contributed by atoms with Gasteiger partial charge in [0.05, 0.1) is 6.10 Å². The van der Waals surface area contributed by atoms with E-state index >= 15 is 0 Å². The number of aliphatic hydroxyl groups excluding tert-OH is 1. The summed E-state index contributed by atoms with van der Waals surface area (Å²) in [5, 5.41) is 13.0. The zero-order valence-corrected chi connectivity index (χ0v) is 13.9. The number of ether oxygens (including phenoxy) is 2. The lowest BCUT2D eigenvalue weighted by atomic mass is 9.98. The molecule has 0 saturated heterocycles. The fourth-order valence-corrected chi connectivity index (χ4v) is 2.60. The van der Waals surface area contributed by atoms with Gasteiger partial charge in [-0.25, -0.2) is 0 Å². The molecule has 0 aliphatic carbocycles. The molecular formula is C18H22ClNO3. The van der Waals surface area contributed by atoms with Gasteiger partial charge in [-0.1, -0.05) is 36.4 Å². The van der Waals surface area contributed by atoms with Crippen molar-refractivity contribution in [3.63, 3.8) is 0 Å². The fraction of sp³-hybridized carbons (Fsp3) is 0.333. The Morgan fingerprint density at radius 1 is 1.09 bits per heavy atom. The third-order valence-corrected chi connectivity index (χ3v) is 3.74.